The lowest BCUT2D eigenvalue weighted by molar-refractivity contribution is 0.101. The van der Waals surface area contributed by atoms with Crippen LogP contribution >= 0.6 is 0 Å². The van der Waals surface area contributed by atoms with E-state index in [-0.39, 0.29) is 5.78 Å². The fourth-order valence-corrected chi connectivity index (χ4v) is 7.24. The number of aromatic nitrogens is 2. The first kappa shape index (κ1) is 32.5. The Kier molecular flexibility index (Phi) is 8.72. The normalized spacial score (nSPS) is 11.4. The molecule has 0 saturated carbocycles. The molecule has 8 aromatic rings. The van der Waals surface area contributed by atoms with Gasteiger partial charge in [-0.2, -0.15) is 0 Å². The monoisotopic (exact) mass is 671 g/mol. The van der Waals surface area contributed by atoms with Crippen molar-refractivity contribution in [3.63, 3.8) is 0 Å². The molecular weight excluding hydrogens is 635 g/mol. The third-order valence-electron chi connectivity index (χ3n) is 9.52. The number of hydrogen-bond donors (Lipinski definition) is 0. The first-order valence-electron chi connectivity index (χ1n) is 17.8. The summed E-state index contributed by atoms with van der Waals surface area (Å²) in [6.07, 6.45) is 0. The Morgan fingerprint density at radius 2 is 1.04 bits per heavy atom. The number of Topliss-reactive ketones (excluding diaryl/α,β-unsaturated/α-hetero) is 1. The van der Waals surface area contributed by atoms with Crippen LogP contribution in [0.4, 0.5) is 17.1 Å². The fraction of sp³-hybridized carbons (Fsp3) is 0.0625. The Bertz CT molecular complexity index is 2520. The standard InChI is InChI=1S/C46H31N3O.C2H6/c1-30(50)35-20-8-9-21-36(35)37-26-27-40-38-22-10-11-24-43(38)49(44-25-13-23-39(37)45(40)44)34-19-12-18-33(28-34)46-47-41(31-14-4-2-5-15-31)29-42(48-46)32-16-6-3-7-17-32;1-2/h2-29H,1H3;1-2H3. The van der Waals surface area contributed by atoms with Crippen LogP contribution in [0, 0.1) is 0 Å². The van der Waals surface area contributed by atoms with Crippen molar-refractivity contribution < 1.29 is 4.79 Å². The van der Waals surface area contributed by atoms with Crippen LogP contribution in [0.3, 0.4) is 0 Å². The molecule has 0 fully saturated rings. The van der Waals surface area contributed by atoms with Crippen LogP contribution in [-0.4, -0.2) is 15.8 Å². The third-order valence-corrected chi connectivity index (χ3v) is 9.52. The summed E-state index contributed by atoms with van der Waals surface area (Å²) in [7, 11) is 0. The molecule has 4 nitrogen and oxygen atoms in total. The molecule has 0 saturated heterocycles. The van der Waals surface area contributed by atoms with Gasteiger partial charge in [0.05, 0.1) is 22.8 Å². The smallest absolute Gasteiger partial charge is 0.160 e. The number of nitrogens with zero attached hydrogens (tertiary/aromatic N) is 3. The van der Waals surface area contributed by atoms with Crippen LogP contribution in [0.1, 0.15) is 31.1 Å². The van der Waals surface area contributed by atoms with Gasteiger partial charge in [0.2, 0.25) is 0 Å². The van der Waals surface area contributed by atoms with Gasteiger partial charge in [-0.25, -0.2) is 9.97 Å². The molecule has 0 unspecified atom stereocenters. The van der Waals surface area contributed by atoms with E-state index in [1.165, 1.54) is 5.56 Å². The molecule has 0 bridgehead atoms. The predicted molar refractivity (Wildman–Crippen MR) is 216 cm³/mol. The van der Waals surface area contributed by atoms with E-state index >= 15 is 0 Å². The Morgan fingerprint density at radius 3 is 1.73 bits per heavy atom. The number of benzene rings is 7. The number of para-hydroxylation sites is 1. The Hall–Kier alpha value is -6.65. The largest absolute Gasteiger partial charge is 0.309 e. The molecule has 7 aromatic carbocycles. The maximum atomic E-state index is 12.7. The van der Waals surface area contributed by atoms with Crippen LogP contribution in [0.5, 0.6) is 0 Å². The number of hydrogen-bond acceptors (Lipinski definition) is 4. The van der Waals surface area contributed by atoms with Crippen molar-refractivity contribution in [3.8, 4) is 56.2 Å². The second-order valence-corrected chi connectivity index (χ2v) is 12.6. The van der Waals surface area contributed by atoms with Gasteiger partial charge in [0.15, 0.2) is 11.6 Å². The highest BCUT2D eigenvalue weighted by Gasteiger charge is 2.27. The van der Waals surface area contributed by atoms with E-state index < -0.39 is 0 Å². The van der Waals surface area contributed by atoms with Gasteiger partial charge >= 0.3 is 0 Å². The first-order valence-corrected chi connectivity index (χ1v) is 17.8. The zero-order valence-electron chi connectivity index (χ0n) is 29.4. The number of ketones is 1. The van der Waals surface area contributed by atoms with E-state index in [0.717, 1.165) is 78.2 Å². The maximum absolute atomic E-state index is 12.7. The minimum absolute atomic E-state index is 0.0545. The summed E-state index contributed by atoms with van der Waals surface area (Å²) in [5.41, 5.74) is 13.0. The number of carbonyl (C=O) groups is 1. The molecule has 0 amide bonds. The average Bonchev–Trinajstić information content (AvgIpc) is 3.22. The summed E-state index contributed by atoms with van der Waals surface area (Å²) in [5.74, 6) is 0.720. The van der Waals surface area contributed by atoms with Gasteiger partial charge in [-0.1, -0.05) is 153 Å². The molecule has 2 heterocycles. The van der Waals surface area contributed by atoms with Gasteiger partial charge in [-0.15, -0.1) is 0 Å². The highest BCUT2D eigenvalue weighted by atomic mass is 16.1. The highest BCUT2D eigenvalue weighted by molar-refractivity contribution is 6.18. The highest BCUT2D eigenvalue weighted by Crippen LogP contribution is 2.52. The molecule has 250 valence electrons. The summed E-state index contributed by atoms with van der Waals surface area (Å²) in [6, 6.07) is 58.4. The lowest BCUT2D eigenvalue weighted by Gasteiger charge is -2.34. The molecule has 9 rings (SSSR count). The summed E-state index contributed by atoms with van der Waals surface area (Å²) in [6.45, 7) is 5.64. The van der Waals surface area contributed by atoms with E-state index in [4.69, 9.17) is 9.97 Å². The van der Waals surface area contributed by atoms with Gasteiger partial charge in [0, 0.05) is 38.9 Å². The van der Waals surface area contributed by atoms with E-state index in [1.807, 2.05) is 74.5 Å². The van der Waals surface area contributed by atoms with Gasteiger partial charge in [0.25, 0.3) is 0 Å². The molecule has 0 atom stereocenters. The van der Waals surface area contributed by atoms with Crippen LogP contribution in [0.25, 0.3) is 66.9 Å². The van der Waals surface area contributed by atoms with Gasteiger partial charge < -0.3 is 4.90 Å². The minimum Gasteiger partial charge on any atom is -0.309 e. The van der Waals surface area contributed by atoms with Crippen LogP contribution in [0.15, 0.2) is 170 Å². The zero-order chi connectivity index (χ0) is 35.6. The topological polar surface area (TPSA) is 46.1 Å². The Morgan fingerprint density at radius 1 is 0.481 bits per heavy atom. The lowest BCUT2D eigenvalue weighted by Crippen LogP contribution is -2.15. The SMILES string of the molecule is CC.CC(=O)c1ccccc1-c1ccc2c3c(cccc13)N(c1cccc(-c3nc(-c4ccccc4)cc(-c4ccccc4)n3)c1)c1ccccc1-2. The van der Waals surface area contributed by atoms with Crippen molar-refractivity contribution in [2.45, 2.75) is 20.8 Å². The van der Waals surface area contributed by atoms with Gasteiger partial charge in [-0.05, 0) is 59.3 Å². The van der Waals surface area contributed by atoms with Crippen molar-refractivity contribution in [2.24, 2.45) is 0 Å². The van der Waals surface area contributed by atoms with E-state index in [2.05, 4.69) is 114 Å². The van der Waals surface area contributed by atoms with Crippen molar-refractivity contribution in [2.75, 3.05) is 4.90 Å². The molecule has 0 N–H and O–H groups in total. The average molecular weight is 672 g/mol. The number of anilines is 3. The predicted octanol–water partition coefficient (Wildman–Crippen LogP) is 13.0. The second-order valence-electron chi connectivity index (χ2n) is 12.6. The van der Waals surface area contributed by atoms with Crippen LogP contribution in [-0.2, 0) is 0 Å². The summed E-state index contributed by atoms with van der Waals surface area (Å²) < 4.78 is 0. The molecule has 1 aliphatic rings. The zero-order valence-corrected chi connectivity index (χ0v) is 29.4. The summed E-state index contributed by atoms with van der Waals surface area (Å²) >= 11 is 0. The van der Waals surface area contributed by atoms with Gasteiger partial charge in [-0.3, -0.25) is 4.79 Å². The first-order chi connectivity index (χ1) is 25.6. The van der Waals surface area contributed by atoms with Crippen molar-refractivity contribution in [1.29, 1.82) is 0 Å². The number of rotatable bonds is 6. The summed E-state index contributed by atoms with van der Waals surface area (Å²) in [4.78, 5) is 25.3. The molecule has 1 aliphatic heterocycles. The van der Waals surface area contributed by atoms with Crippen molar-refractivity contribution >= 4 is 33.6 Å². The molecule has 1 aromatic heterocycles. The quantitative estimate of drug-likeness (QED) is 0.165. The Labute approximate surface area is 304 Å². The Balaban J connectivity index is 0.00000190. The van der Waals surface area contributed by atoms with E-state index in [0.29, 0.717) is 5.82 Å². The molecule has 4 heteroatoms. The summed E-state index contributed by atoms with van der Waals surface area (Å²) in [5, 5.41) is 2.26. The van der Waals surface area contributed by atoms with E-state index in [9.17, 15) is 4.79 Å². The van der Waals surface area contributed by atoms with Crippen molar-refractivity contribution in [3.05, 3.63) is 175 Å². The van der Waals surface area contributed by atoms with Gasteiger partial charge in [0.1, 0.15) is 0 Å². The van der Waals surface area contributed by atoms with Crippen molar-refractivity contribution in [1.82, 2.24) is 9.97 Å². The van der Waals surface area contributed by atoms with Crippen LogP contribution < -0.4 is 4.90 Å². The number of fused-ring (bicyclic) bond motifs is 2. The fourth-order valence-electron chi connectivity index (χ4n) is 7.24. The molecule has 0 aliphatic carbocycles. The molecule has 0 spiro atoms. The van der Waals surface area contributed by atoms with Crippen LogP contribution in [0.2, 0.25) is 0 Å². The molecule has 52 heavy (non-hydrogen) atoms. The second kappa shape index (κ2) is 13.9. The lowest BCUT2D eigenvalue weighted by atomic mass is 9.86. The molecular formula is C48H37N3O. The third kappa shape index (κ3) is 5.74. The molecule has 0 radical (unpaired) electrons. The minimum atomic E-state index is 0.0545. The number of carbonyl (C=O) groups excluding carboxylic acids is 1. The van der Waals surface area contributed by atoms with E-state index in [1.54, 1.807) is 6.92 Å². The maximum Gasteiger partial charge on any atom is 0.160 e.